The van der Waals surface area contributed by atoms with Gasteiger partial charge in [0.05, 0.1) is 22.2 Å². The smallest absolute Gasteiger partial charge is 0.255 e. The van der Waals surface area contributed by atoms with Crippen molar-refractivity contribution in [2.75, 3.05) is 0 Å². The minimum Gasteiger partial charge on any atom is -0.508 e. The number of nitrogens with zero attached hydrogens (tertiary/aromatic N) is 2. The monoisotopic (exact) mass is 409 g/mol. The van der Waals surface area contributed by atoms with E-state index in [2.05, 4.69) is 5.32 Å². The van der Waals surface area contributed by atoms with Crippen LogP contribution < -0.4 is 5.32 Å². The van der Waals surface area contributed by atoms with Crippen molar-refractivity contribution < 1.29 is 9.90 Å². The van der Waals surface area contributed by atoms with Gasteiger partial charge in [-0.05, 0) is 56.9 Å². The number of carbonyl (C=O) groups is 1. The maximum absolute atomic E-state index is 13.3. The number of benzene rings is 2. The van der Waals surface area contributed by atoms with Crippen LogP contribution in [0.4, 0.5) is 0 Å². The van der Waals surface area contributed by atoms with Gasteiger partial charge in [-0.15, -0.1) is 0 Å². The first kappa shape index (κ1) is 19.5. The van der Waals surface area contributed by atoms with Gasteiger partial charge in [0.1, 0.15) is 11.4 Å². The molecule has 6 heteroatoms. The van der Waals surface area contributed by atoms with E-state index in [4.69, 9.17) is 16.7 Å². The number of hydrogen-bond donors (Lipinski definition) is 2. The van der Waals surface area contributed by atoms with Crippen molar-refractivity contribution in [3.63, 3.8) is 0 Å². The lowest BCUT2D eigenvalue weighted by atomic mass is 10.1. The Morgan fingerprint density at radius 2 is 1.97 bits per heavy atom. The number of fused-ring (bicyclic) bond motifs is 1. The van der Waals surface area contributed by atoms with E-state index >= 15 is 0 Å². The summed E-state index contributed by atoms with van der Waals surface area (Å²) in [7, 11) is 0. The second-order valence-corrected chi connectivity index (χ2v) is 8.80. The van der Waals surface area contributed by atoms with Gasteiger partial charge in [0, 0.05) is 11.8 Å². The molecule has 0 radical (unpaired) electrons. The van der Waals surface area contributed by atoms with Crippen LogP contribution in [-0.4, -0.2) is 20.8 Å². The molecule has 1 amide bonds. The Kier molecular flexibility index (Phi) is 4.87. The molecule has 150 valence electrons. The standard InChI is InChI=1S/C23H24ClN3O2/c1-23(2,3)27-13-17(21(26-27)16-7-4-5-9-18(16)24)22(29)25-19-12-11-15-14(19)8-6-10-20(15)28/h4-10,13,19,28H,11-12H2,1-3H3,(H,25,29). The van der Waals surface area contributed by atoms with Crippen molar-refractivity contribution in [1.82, 2.24) is 15.1 Å². The zero-order valence-corrected chi connectivity index (χ0v) is 17.5. The van der Waals surface area contributed by atoms with E-state index in [1.54, 1.807) is 23.0 Å². The third-order valence-electron chi connectivity index (χ3n) is 5.33. The SMILES string of the molecule is CC(C)(C)n1cc(C(=O)NC2CCc3c(O)cccc32)c(-c2ccccc2Cl)n1. The van der Waals surface area contributed by atoms with Crippen LogP contribution in [-0.2, 0) is 12.0 Å². The summed E-state index contributed by atoms with van der Waals surface area (Å²) in [5.41, 5.74) is 3.39. The summed E-state index contributed by atoms with van der Waals surface area (Å²) >= 11 is 6.40. The van der Waals surface area contributed by atoms with Gasteiger partial charge in [-0.25, -0.2) is 0 Å². The number of amides is 1. The molecule has 1 aliphatic carbocycles. The number of hydrogen-bond acceptors (Lipinski definition) is 3. The average molecular weight is 410 g/mol. The number of aromatic hydroxyl groups is 1. The fraction of sp³-hybridized carbons (Fsp3) is 0.304. The largest absolute Gasteiger partial charge is 0.508 e. The van der Waals surface area contributed by atoms with Crippen LogP contribution in [0.25, 0.3) is 11.3 Å². The zero-order valence-electron chi connectivity index (χ0n) is 16.7. The highest BCUT2D eigenvalue weighted by molar-refractivity contribution is 6.33. The van der Waals surface area contributed by atoms with Crippen molar-refractivity contribution in [1.29, 1.82) is 0 Å². The van der Waals surface area contributed by atoms with Crippen LogP contribution in [0.15, 0.2) is 48.7 Å². The van der Waals surface area contributed by atoms with E-state index in [1.807, 2.05) is 51.1 Å². The number of carbonyl (C=O) groups excluding carboxylic acids is 1. The molecule has 0 fully saturated rings. The van der Waals surface area contributed by atoms with E-state index in [-0.39, 0.29) is 23.2 Å². The zero-order chi connectivity index (χ0) is 20.8. The lowest BCUT2D eigenvalue weighted by molar-refractivity contribution is 0.0937. The molecule has 0 spiro atoms. The molecule has 4 rings (SSSR count). The molecular weight excluding hydrogens is 386 g/mol. The van der Waals surface area contributed by atoms with Crippen molar-refractivity contribution in [2.45, 2.75) is 45.2 Å². The fourth-order valence-electron chi connectivity index (χ4n) is 3.76. The van der Waals surface area contributed by atoms with Gasteiger partial charge in [0.2, 0.25) is 0 Å². The highest BCUT2D eigenvalue weighted by Crippen LogP contribution is 2.37. The third kappa shape index (κ3) is 3.62. The molecule has 29 heavy (non-hydrogen) atoms. The van der Waals surface area contributed by atoms with E-state index in [1.165, 1.54) is 0 Å². The Balaban J connectivity index is 1.71. The van der Waals surface area contributed by atoms with Gasteiger partial charge in [-0.2, -0.15) is 5.10 Å². The summed E-state index contributed by atoms with van der Waals surface area (Å²) in [4.78, 5) is 13.3. The Hall–Kier alpha value is -2.79. The summed E-state index contributed by atoms with van der Waals surface area (Å²) in [5, 5.41) is 18.5. The van der Waals surface area contributed by atoms with Crippen LogP contribution in [0.3, 0.4) is 0 Å². The first-order chi connectivity index (χ1) is 13.8. The van der Waals surface area contributed by atoms with Crippen LogP contribution in [0, 0.1) is 0 Å². The summed E-state index contributed by atoms with van der Waals surface area (Å²) in [6.07, 6.45) is 3.28. The first-order valence-electron chi connectivity index (χ1n) is 9.72. The maximum Gasteiger partial charge on any atom is 0.255 e. The van der Waals surface area contributed by atoms with E-state index in [9.17, 15) is 9.90 Å². The molecule has 5 nitrogen and oxygen atoms in total. The number of nitrogens with one attached hydrogen (secondary N) is 1. The quantitative estimate of drug-likeness (QED) is 0.633. The molecule has 1 unspecified atom stereocenters. The normalized spacial score (nSPS) is 15.9. The van der Waals surface area contributed by atoms with Crippen LogP contribution in [0.5, 0.6) is 5.75 Å². The van der Waals surface area contributed by atoms with Crippen LogP contribution >= 0.6 is 11.6 Å². The average Bonchev–Trinajstić information content (AvgIpc) is 3.28. The molecule has 1 aromatic heterocycles. The van der Waals surface area contributed by atoms with Crippen molar-refractivity contribution >= 4 is 17.5 Å². The van der Waals surface area contributed by atoms with Gasteiger partial charge in [-0.3, -0.25) is 9.48 Å². The molecule has 0 saturated carbocycles. The number of rotatable bonds is 3. The highest BCUT2D eigenvalue weighted by Gasteiger charge is 2.29. The molecule has 3 aromatic rings. The molecule has 2 aromatic carbocycles. The van der Waals surface area contributed by atoms with Gasteiger partial charge in [0.25, 0.3) is 5.91 Å². The van der Waals surface area contributed by atoms with E-state index in [0.717, 1.165) is 29.5 Å². The number of aromatic nitrogens is 2. The predicted molar refractivity (Wildman–Crippen MR) is 114 cm³/mol. The maximum atomic E-state index is 13.3. The first-order valence-corrected chi connectivity index (χ1v) is 10.1. The molecule has 1 heterocycles. The topological polar surface area (TPSA) is 67.2 Å². The van der Waals surface area contributed by atoms with Gasteiger partial charge in [-0.1, -0.05) is 41.9 Å². The Labute approximate surface area is 175 Å². The lowest BCUT2D eigenvalue weighted by Gasteiger charge is -2.19. The number of phenols is 1. The van der Waals surface area contributed by atoms with Gasteiger partial charge in [0.15, 0.2) is 0 Å². The van der Waals surface area contributed by atoms with Gasteiger partial charge < -0.3 is 10.4 Å². The third-order valence-corrected chi connectivity index (χ3v) is 5.66. The van der Waals surface area contributed by atoms with Crippen LogP contribution in [0.1, 0.15) is 54.7 Å². The Morgan fingerprint density at radius 3 is 2.69 bits per heavy atom. The fourth-order valence-corrected chi connectivity index (χ4v) is 3.98. The molecule has 1 aliphatic rings. The number of halogens is 1. The van der Waals surface area contributed by atoms with Crippen LogP contribution in [0.2, 0.25) is 5.02 Å². The van der Waals surface area contributed by atoms with Crippen molar-refractivity contribution in [3.05, 3.63) is 70.4 Å². The summed E-state index contributed by atoms with van der Waals surface area (Å²) in [5.74, 6) is 0.0909. The number of phenolic OH excluding ortho intramolecular Hbond substituents is 1. The summed E-state index contributed by atoms with van der Waals surface area (Å²) in [6, 6.07) is 12.7. The Morgan fingerprint density at radius 1 is 1.21 bits per heavy atom. The molecule has 1 atom stereocenters. The highest BCUT2D eigenvalue weighted by atomic mass is 35.5. The second kappa shape index (κ2) is 7.23. The molecule has 0 saturated heterocycles. The van der Waals surface area contributed by atoms with E-state index < -0.39 is 0 Å². The summed E-state index contributed by atoms with van der Waals surface area (Å²) < 4.78 is 1.80. The minimum absolute atomic E-state index is 0.137. The van der Waals surface area contributed by atoms with Crippen molar-refractivity contribution in [2.24, 2.45) is 0 Å². The Bertz CT molecular complexity index is 1080. The molecule has 0 bridgehead atoms. The minimum atomic E-state index is -0.277. The van der Waals surface area contributed by atoms with E-state index in [0.29, 0.717) is 16.3 Å². The van der Waals surface area contributed by atoms with Crippen molar-refractivity contribution in [3.8, 4) is 17.0 Å². The lowest BCUT2D eigenvalue weighted by Crippen LogP contribution is -2.27. The van der Waals surface area contributed by atoms with Gasteiger partial charge >= 0.3 is 0 Å². The predicted octanol–water partition coefficient (Wildman–Crippen LogP) is 5.08. The molecule has 2 N–H and O–H groups in total. The second-order valence-electron chi connectivity index (χ2n) is 8.40. The molecular formula is C23H24ClN3O2. The summed E-state index contributed by atoms with van der Waals surface area (Å²) in [6.45, 7) is 6.11. The molecule has 0 aliphatic heterocycles.